The van der Waals surface area contributed by atoms with Crippen molar-refractivity contribution < 1.29 is 13.6 Å². The lowest BCUT2D eigenvalue weighted by Gasteiger charge is -2.13. The molecule has 1 aromatic heterocycles. The number of hydrogen-bond acceptors (Lipinski definition) is 2. The zero-order chi connectivity index (χ0) is 16.4. The van der Waals surface area contributed by atoms with Gasteiger partial charge in [-0.3, -0.25) is 0 Å². The summed E-state index contributed by atoms with van der Waals surface area (Å²) in [5.74, 6) is 0.290. The molecule has 118 valence electrons. The van der Waals surface area contributed by atoms with Crippen molar-refractivity contribution in [2.45, 2.75) is 13.0 Å². The van der Waals surface area contributed by atoms with Gasteiger partial charge in [0.2, 0.25) is 0 Å². The van der Waals surface area contributed by atoms with Gasteiger partial charge in [0.05, 0.1) is 11.7 Å². The summed E-state index contributed by atoms with van der Waals surface area (Å²) in [6, 6.07) is 12.9. The van der Waals surface area contributed by atoms with Crippen LogP contribution >= 0.6 is 15.9 Å². The van der Waals surface area contributed by atoms with Crippen LogP contribution in [0.25, 0.3) is 11.0 Å². The summed E-state index contributed by atoms with van der Waals surface area (Å²) >= 11 is 3.21. The molecule has 0 aliphatic carbocycles. The highest BCUT2D eigenvalue weighted by molar-refractivity contribution is 9.10. The molecule has 23 heavy (non-hydrogen) atoms. The molecule has 3 aromatic rings. The first-order valence-corrected chi connectivity index (χ1v) is 7.83. The molecule has 6 heteroatoms. The van der Waals surface area contributed by atoms with E-state index in [-0.39, 0.29) is 11.9 Å². The molecule has 0 saturated carbocycles. The Kier molecular flexibility index (Phi) is 4.34. The van der Waals surface area contributed by atoms with Gasteiger partial charge < -0.3 is 15.1 Å². The first-order valence-electron chi connectivity index (χ1n) is 7.04. The van der Waals surface area contributed by atoms with Gasteiger partial charge in [-0.1, -0.05) is 18.2 Å². The molecule has 2 N–H and O–H groups in total. The molecule has 0 fully saturated rings. The summed E-state index contributed by atoms with van der Waals surface area (Å²) in [7, 11) is 0. The molecule has 1 heterocycles. The number of rotatable bonds is 3. The quantitative estimate of drug-likeness (QED) is 0.658. The number of benzene rings is 2. The van der Waals surface area contributed by atoms with Gasteiger partial charge in [-0.05, 0) is 53.2 Å². The van der Waals surface area contributed by atoms with E-state index in [0.29, 0.717) is 15.9 Å². The fourth-order valence-corrected chi connectivity index (χ4v) is 2.68. The fraction of sp³-hybridized carbons (Fsp3) is 0.118. The van der Waals surface area contributed by atoms with Crippen molar-refractivity contribution in [3.63, 3.8) is 0 Å². The number of amides is 2. The third-order valence-electron chi connectivity index (χ3n) is 3.40. The minimum atomic E-state index is -0.398. The molecule has 0 aliphatic heterocycles. The Hall–Kier alpha value is -2.34. The topological polar surface area (TPSA) is 54.3 Å². The summed E-state index contributed by atoms with van der Waals surface area (Å²) < 4.78 is 19.2. The van der Waals surface area contributed by atoms with Gasteiger partial charge in [0.15, 0.2) is 0 Å². The highest BCUT2D eigenvalue weighted by Crippen LogP contribution is 2.25. The van der Waals surface area contributed by atoms with Crippen LogP contribution in [0.2, 0.25) is 0 Å². The van der Waals surface area contributed by atoms with Crippen LogP contribution in [-0.4, -0.2) is 6.03 Å². The Bertz CT molecular complexity index is 830. The molecule has 1 atom stereocenters. The van der Waals surface area contributed by atoms with E-state index >= 15 is 0 Å². The lowest BCUT2D eigenvalue weighted by molar-refractivity contribution is 0.248. The van der Waals surface area contributed by atoms with Crippen LogP contribution < -0.4 is 10.6 Å². The monoisotopic (exact) mass is 376 g/mol. The number of carbonyl (C=O) groups is 1. The molecule has 0 saturated heterocycles. The molecule has 0 unspecified atom stereocenters. The van der Waals surface area contributed by atoms with E-state index in [1.54, 1.807) is 0 Å². The molecule has 2 amide bonds. The summed E-state index contributed by atoms with van der Waals surface area (Å²) in [5.41, 5.74) is 1.26. The normalized spacial score (nSPS) is 12.1. The van der Waals surface area contributed by atoms with E-state index in [2.05, 4.69) is 26.6 Å². The number of para-hydroxylation sites is 1. The molecular weight excluding hydrogens is 363 g/mol. The molecular formula is C17H14BrFN2O2. The van der Waals surface area contributed by atoms with E-state index in [0.717, 1.165) is 11.0 Å². The maximum atomic E-state index is 13.0. The summed E-state index contributed by atoms with van der Waals surface area (Å²) in [6.45, 7) is 1.83. The minimum Gasteiger partial charge on any atom is -0.459 e. The van der Waals surface area contributed by atoms with Gasteiger partial charge in [0.1, 0.15) is 17.2 Å². The standard InChI is InChI=1S/C17H14BrFN2O2/c1-10(16-8-11-4-2-3-5-15(11)23-16)20-17(22)21-14-7-6-12(19)9-13(14)18/h2-10H,1H3,(H2,20,21,22)/t10-/m0/s1. The van der Waals surface area contributed by atoms with Crippen LogP contribution in [0.15, 0.2) is 57.4 Å². The molecule has 3 rings (SSSR count). The lowest BCUT2D eigenvalue weighted by atomic mass is 10.2. The summed E-state index contributed by atoms with van der Waals surface area (Å²) in [4.78, 5) is 12.1. The first kappa shape index (κ1) is 15.6. The lowest BCUT2D eigenvalue weighted by Crippen LogP contribution is -2.31. The SMILES string of the molecule is C[C@H](NC(=O)Nc1ccc(F)cc1Br)c1cc2ccccc2o1. The van der Waals surface area contributed by atoms with Gasteiger partial charge in [-0.25, -0.2) is 9.18 Å². The van der Waals surface area contributed by atoms with E-state index in [9.17, 15) is 9.18 Å². The molecule has 0 spiro atoms. The maximum absolute atomic E-state index is 13.0. The van der Waals surface area contributed by atoms with Gasteiger partial charge in [-0.2, -0.15) is 0 Å². The molecule has 0 bridgehead atoms. The highest BCUT2D eigenvalue weighted by atomic mass is 79.9. The van der Waals surface area contributed by atoms with Crippen LogP contribution in [-0.2, 0) is 0 Å². The molecule has 0 aliphatic rings. The van der Waals surface area contributed by atoms with Crippen molar-refractivity contribution in [3.05, 3.63) is 64.6 Å². The number of urea groups is 1. The Morgan fingerprint density at radius 3 is 2.74 bits per heavy atom. The Balaban J connectivity index is 1.69. The predicted octanol–water partition coefficient (Wildman–Crippen LogP) is 5.22. The van der Waals surface area contributed by atoms with Gasteiger partial charge in [0.25, 0.3) is 0 Å². The molecule has 4 nitrogen and oxygen atoms in total. The third kappa shape index (κ3) is 3.53. The third-order valence-corrected chi connectivity index (χ3v) is 4.05. The van der Waals surface area contributed by atoms with Crippen molar-refractivity contribution in [1.82, 2.24) is 5.32 Å². The van der Waals surface area contributed by atoms with Crippen molar-refractivity contribution in [2.24, 2.45) is 0 Å². The van der Waals surface area contributed by atoms with E-state index in [1.165, 1.54) is 18.2 Å². The summed E-state index contributed by atoms with van der Waals surface area (Å²) in [5, 5.41) is 6.44. The second-order valence-electron chi connectivity index (χ2n) is 5.13. The number of anilines is 1. The van der Waals surface area contributed by atoms with E-state index < -0.39 is 6.03 Å². The zero-order valence-electron chi connectivity index (χ0n) is 12.3. The number of nitrogens with one attached hydrogen (secondary N) is 2. The number of fused-ring (bicyclic) bond motifs is 1. The Labute approximate surface area is 140 Å². The summed E-state index contributed by atoms with van der Waals surface area (Å²) in [6.07, 6.45) is 0. The number of furan rings is 1. The number of hydrogen-bond donors (Lipinski definition) is 2. The Morgan fingerprint density at radius 2 is 2.00 bits per heavy atom. The van der Waals surface area contributed by atoms with E-state index in [4.69, 9.17) is 4.42 Å². The maximum Gasteiger partial charge on any atom is 0.319 e. The van der Waals surface area contributed by atoms with Crippen molar-refractivity contribution in [2.75, 3.05) is 5.32 Å². The van der Waals surface area contributed by atoms with Gasteiger partial charge >= 0.3 is 6.03 Å². The van der Waals surface area contributed by atoms with Crippen molar-refractivity contribution >= 4 is 38.6 Å². The molecule has 0 radical (unpaired) electrons. The van der Waals surface area contributed by atoms with Crippen LogP contribution in [0.3, 0.4) is 0 Å². The van der Waals surface area contributed by atoms with Crippen LogP contribution in [0.4, 0.5) is 14.9 Å². The zero-order valence-corrected chi connectivity index (χ0v) is 13.9. The second kappa shape index (κ2) is 6.42. The Morgan fingerprint density at radius 1 is 1.22 bits per heavy atom. The van der Waals surface area contributed by atoms with Crippen LogP contribution in [0.5, 0.6) is 0 Å². The predicted molar refractivity (Wildman–Crippen MR) is 90.9 cm³/mol. The minimum absolute atomic E-state index is 0.304. The first-order chi connectivity index (χ1) is 11.0. The van der Waals surface area contributed by atoms with Crippen LogP contribution in [0, 0.1) is 5.82 Å². The fourth-order valence-electron chi connectivity index (χ4n) is 2.23. The average Bonchev–Trinajstić information content (AvgIpc) is 2.94. The second-order valence-corrected chi connectivity index (χ2v) is 5.99. The number of carbonyl (C=O) groups excluding carboxylic acids is 1. The largest absolute Gasteiger partial charge is 0.459 e. The van der Waals surface area contributed by atoms with E-state index in [1.807, 2.05) is 37.3 Å². The molecule has 2 aromatic carbocycles. The van der Waals surface area contributed by atoms with Crippen molar-refractivity contribution in [3.8, 4) is 0 Å². The highest BCUT2D eigenvalue weighted by Gasteiger charge is 2.15. The van der Waals surface area contributed by atoms with Crippen LogP contribution in [0.1, 0.15) is 18.7 Å². The van der Waals surface area contributed by atoms with Gasteiger partial charge in [-0.15, -0.1) is 0 Å². The smallest absolute Gasteiger partial charge is 0.319 e. The number of halogens is 2. The average molecular weight is 377 g/mol. The van der Waals surface area contributed by atoms with Gasteiger partial charge in [0, 0.05) is 9.86 Å². The van der Waals surface area contributed by atoms with Crippen molar-refractivity contribution in [1.29, 1.82) is 0 Å².